The minimum absolute atomic E-state index is 0.273. The molecule has 2 heteroatoms. The van der Waals surface area contributed by atoms with E-state index in [0.29, 0.717) is 5.41 Å². The molecular weight excluding hydrogens is 214 g/mol. The van der Waals surface area contributed by atoms with E-state index in [1.165, 1.54) is 50.8 Å². The first kappa shape index (κ1) is 14.4. The van der Waals surface area contributed by atoms with Gasteiger partial charge in [-0.2, -0.15) is 11.8 Å². The molecule has 0 saturated heterocycles. The van der Waals surface area contributed by atoms with Gasteiger partial charge in [-0.25, -0.2) is 0 Å². The van der Waals surface area contributed by atoms with E-state index in [4.69, 9.17) is 0 Å². The summed E-state index contributed by atoms with van der Waals surface area (Å²) in [5.74, 6) is 1.33. The second kappa shape index (κ2) is 6.30. The minimum Gasteiger partial charge on any atom is -0.312 e. The van der Waals surface area contributed by atoms with Crippen molar-refractivity contribution in [3.05, 3.63) is 0 Å². The molecule has 16 heavy (non-hydrogen) atoms. The normalized spacial score (nSPS) is 20.2. The highest BCUT2D eigenvalue weighted by atomic mass is 32.2. The number of rotatable bonds is 6. The van der Waals surface area contributed by atoms with Crippen LogP contribution in [-0.2, 0) is 0 Å². The van der Waals surface area contributed by atoms with E-state index < -0.39 is 0 Å². The Morgan fingerprint density at radius 2 is 1.81 bits per heavy atom. The van der Waals surface area contributed by atoms with Gasteiger partial charge < -0.3 is 5.32 Å². The maximum absolute atomic E-state index is 3.72. The fraction of sp³-hybridized carbons (Fsp3) is 1.00. The average molecular weight is 243 g/mol. The molecule has 1 aliphatic rings. The Labute approximate surface area is 106 Å². The highest BCUT2D eigenvalue weighted by Crippen LogP contribution is 2.41. The molecule has 1 rings (SSSR count). The van der Waals surface area contributed by atoms with Gasteiger partial charge in [0.05, 0.1) is 0 Å². The van der Waals surface area contributed by atoms with Crippen molar-refractivity contribution in [2.75, 3.05) is 18.6 Å². The van der Waals surface area contributed by atoms with E-state index in [-0.39, 0.29) is 5.54 Å². The smallest absolute Gasteiger partial charge is 0.00967 e. The molecule has 1 fully saturated rings. The van der Waals surface area contributed by atoms with Crippen LogP contribution in [-0.4, -0.2) is 24.1 Å². The van der Waals surface area contributed by atoms with Crippen LogP contribution in [0.1, 0.15) is 59.3 Å². The fourth-order valence-corrected chi connectivity index (χ4v) is 3.12. The Morgan fingerprint density at radius 1 is 1.19 bits per heavy atom. The molecule has 0 heterocycles. The molecule has 0 aliphatic heterocycles. The number of nitrogens with one attached hydrogen (secondary N) is 1. The van der Waals surface area contributed by atoms with Gasteiger partial charge in [0.1, 0.15) is 0 Å². The maximum atomic E-state index is 3.72. The Hall–Kier alpha value is 0.310. The second-order valence-electron chi connectivity index (χ2n) is 6.41. The molecule has 1 aliphatic carbocycles. The zero-order valence-electron chi connectivity index (χ0n) is 11.6. The van der Waals surface area contributed by atoms with E-state index in [1.54, 1.807) is 0 Å². The van der Waals surface area contributed by atoms with Crippen molar-refractivity contribution >= 4 is 11.8 Å². The Balaban J connectivity index is 2.39. The summed E-state index contributed by atoms with van der Waals surface area (Å²) >= 11 is 1.99. The molecule has 1 N–H and O–H groups in total. The zero-order chi connectivity index (χ0) is 12.1. The Kier molecular flexibility index (Phi) is 5.66. The van der Waals surface area contributed by atoms with Gasteiger partial charge in [0.25, 0.3) is 0 Å². The highest BCUT2D eigenvalue weighted by molar-refractivity contribution is 7.98. The first-order chi connectivity index (χ1) is 7.47. The van der Waals surface area contributed by atoms with E-state index in [1.807, 2.05) is 11.8 Å². The van der Waals surface area contributed by atoms with Crippen LogP contribution >= 0.6 is 11.8 Å². The van der Waals surface area contributed by atoms with Crippen LogP contribution in [0.3, 0.4) is 0 Å². The van der Waals surface area contributed by atoms with Crippen molar-refractivity contribution in [2.45, 2.75) is 64.8 Å². The molecule has 0 spiro atoms. The van der Waals surface area contributed by atoms with Crippen molar-refractivity contribution in [3.63, 3.8) is 0 Å². The van der Waals surface area contributed by atoms with Crippen molar-refractivity contribution in [2.24, 2.45) is 5.41 Å². The number of thioether (sulfide) groups is 1. The molecule has 1 saturated carbocycles. The Morgan fingerprint density at radius 3 is 2.31 bits per heavy atom. The first-order valence-electron chi connectivity index (χ1n) is 6.71. The summed E-state index contributed by atoms with van der Waals surface area (Å²) in [6.45, 7) is 8.05. The molecule has 0 aromatic heterocycles. The van der Waals surface area contributed by atoms with Crippen LogP contribution in [0, 0.1) is 5.41 Å². The van der Waals surface area contributed by atoms with Crippen LogP contribution in [0.4, 0.5) is 0 Å². The monoisotopic (exact) mass is 243 g/mol. The van der Waals surface area contributed by atoms with Gasteiger partial charge in [0.15, 0.2) is 0 Å². The van der Waals surface area contributed by atoms with Crippen LogP contribution in [0.5, 0.6) is 0 Å². The van der Waals surface area contributed by atoms with Gasteiger partial charge in [-0.1, -0.05) is 12.8 Å². The van der Waals surface area contributed by atoms with Gasteiger partial charge >= 0.3 is 0 Å². The van der Waals surface area contributed by atoms with Crippen LogP contribution < -0.4 is 5.32 Å². The van der Waals surface area contributed by atoms with Crippen LogP contribution in [0.25, 0.3) is 0 Å². The first-order valence-corrected chi connectivity index (χ1v) is 8.11. The number of hydrogen-bond acceptors (Lipinski definition) is 2. The van der Waals surface area contributed by atoms with E-state index in [0.717, 1.165) is 0 Å². The predicted octanol–water partition coefficient (Wildman–Crippen LogP) is 4.08. The summed E-state index contributed by atoms with van der Waals surface area (Å²) in [6, 6.07) is 0. The minimum atomic E-state index is 0.273. The third kappa shape index (κ3) is 5.09. The van der Waals surface area contributed by atoms with Crippen molar-refractivity contribution in [1.82, 2.24) is 5.32 Å². The molecule has 0 bridgehead atoms. The van der Waals surface area contributed by atoms with Gasteiger partial charge in [0, 0.05) is 12.1 Å². The topological polar surface area (TPSA) is 12.0 Å². The summed E-state index contributed by atoms with van der Waals surface area (Å²) in [4.78, 5) is 0. The van der Waals surface area contributed by atoms with E-state index in [9.17, 15) is 0 Å². The van der Waals surface area contributed by atoms with Crippen molar-refractivity contribution < 1.29 is 0 Å². The fourth-order valence-electron chi connectivity index (χ4n) is 2.68. The second-order valence-corrected chi connectivity index (χ2v) is 7.39. The molecular formula is C14H29NS. The lowest BCUT2D eigenvalue weighted by molar-refractivity contribution is 0.228. The lowest BCUT2D eigenvalue weighted by atomic mass is 9.81. The summed E-state index contributed by atoms with van der Waals surface area (Å²) in [5.41, 5.74) is 0.901. The van der Waals surface area contributed by atoms with Crippen LogP contribution in [0.15, 0.2) is 0 Å². The lowest BCUT2D eigenvalue weighted by Gasteiger charge is -2.33. The summed E-state index contributed by atoms with van der Waals surface area (Å²) in [5, 5.41) is 3.72. The van der Waals surface area contributed by atoms with Gasteiger partial charge in [0.2, 0.25) is 0 Å². The van der Waals surface area contributed by atoms with E-state index in [2.05, 4.69) is 32.3 Å². The molecule has 0 amide bonds. The molecule has 0 atom stereocenters. The Bertz CT molecular complexity index is 189. The molecule has 0 aromatic rings. The van der Waals surface area contributed by atoms with E-state index >= 15 is 0 Å². The quantitative estimate of drug-likeness (QED) is 0.706. The third-order valence-corrected chi connectivity index (χ3v) is 4.41. The SMILES string of the molecule is CSCCCC1(CNC(C)(C)C)CCCC1. The summed E-state index contributed by atoms with van der Waals surface area (Å²) in [6.07, 6.45) is 10.8. The molecule has 1 nitrogen and oxygen atoms in total. The van der Waals surface area contributed by atoms with Crippen molar-refractivity contribution in [3.8, 4) is 0 Å². The van der Waals surface area contributed by atoms with Gasteiger partial charge in [-0.15, -0.1) is 0 Å². The molecule has 96 valence electrons. The molecule has 0 aromatic carbocycles. The molecule has 0 unspecified atom stereocenters. The van der Waals surface area contributed by atoms with Gasteiger partial charge in [-0.05, 0) is 63.9 Å². The molecule has 0 radical (unpaired) electrons. The number of hydrogen-bond donors (Lipinski definition) is 1. The standard InChI is InChI=1S/C14H29NS/c1-13(2,3)15-12-14(8-5-6-9-14)10-7-11-16-4/h15H,5-12H2,1-4H3. The largest absolute Gasteiger partial charge is 0.312 e. The van der Waals surface area contributed by atoms with Gasteiger partial charge in [-0.3, -0.25) is 0 Å². The lowest BCUT2D eigenvalue weighted by Crippen LogP contribution is -2.43. The average Bonchev–Trinajstić information content (AvgIpc) is 2.64. The zero-order valence-corrected chi connectivity index (χ0v) is 12.4. The third-order valence-electron chi connectivity index (χ3n) is 3.71. The maximum Gasteiger partial charge on any atom is 0.00967 e. The van der Waals surface area contributed by atoms with Crippen molar-refractivity contribution in [1.29, 1.82) is 0 Å². The summed E-state index contributed by atoms with van der Waals surface area (Å²) in [7, 11) is 0. The summed E-state index contributed by atoms with van der Waals surface area (Å²) < 4.78 is 0. The van der Waals surface area contributed by atoms with Crippen LogP contribution in [0.2, 0.25) is 0 Å². The predicted molar refractivity (Wildman–Crippen MR) is 76.3 cm³/mol. The highest BCUT2D eigenvalue weighted by Gasteiger charge is 2.33.